The normalized spacial score (nSPS) is 16.1. The van der Waals surface area contributed by atoms with Crippen molar-refractivity contribution in [3.05, 3.63) is 29.3 Å². The van der Waals surface area contributed by atoms with Crippen LogP contribution in [0.5, 0.6) is 5.75 Å². The first-order chi connectivity index (χ1) is 6.81. The Kier molecular flexibility index (Phi) is 2.70. The van der Waals surface area contributed by atoms with Crippen molar-refractivity contribution in [2.75, 3.05) is 13.3 Å². The molecule has 0 bridgehead atoms. The van der Waals surface area contributed by atoms with Crippen LogP contribution in [0.2, 0.25) is 0 Å². The summed E-state index contributed by atoms with van der Waals surface area (Å²) in [6, 6.07) is 6.38. The lowest BCUT2D eigenvalue weighted by Crippen LogP contribution is -2.19. The van der Waals surface area contributed by atoms with Gasteiger partial charge in [-0.1, -0.05) is 12.1 Å². The Morgan fingerprint density at radius 1 is 1.57 bits per heavy atom. The molecule has 1 heterocycles. The monoisotopic (exact) mass is 193 g/mol. The Bertz CT molecular complexity index is 325. The van der Waals surface area contributed by atoms with E-state index in [1.54, 1.807) is 0 Å². The van der Waals surface area contributed by atoms with Gasteiger partial charge >= 0.3 is 0 Å². The van der Waals surface area contributed by atoms with Crippen molar-refractivity contribution in [3.8, 4) is 5.75 Å². The van der Waals surface area contributed by atoms with Gasteiger partial charge in [0.25, 0.3) is 0 Å². The molecule has 0 aromatic heterocycles. The van der Waals surface area contributed by atoms with Crippen LogP contribution in [0.15, 0.2) is 18.2 Å². The van der Waals surface area contributed by atoms with E-state index in [4.69, 9.17) is 9.84 Å². The number of nitrogens with one attached hydrogen (secondary N) is 1. The van der Waals surface area contributed by atoms with E-state index >= 15 is 0 Å². The zero-order valence-electron chi connectivity index (χ0n) is 8.29. The zero-order valence-corrected chi connectivity index (χ0v) is 8.29. The summed E-state index contributed by atoms with van der Waals surface area (Å²) in [5.74, 6) is 1.00. The van der Waals surface area contributed by atoms with Gasteiger partial charge in [-0.25, -0.2) is 0 Å². The van der Waals surface area contributed by atoms with Gasteiger partial charge in [-0.2, -0.15) is 0 Å². The summed E-state index contributed by atoms with van der Waals surface area (Å²) in [5.41, 5.74) is 2.47. The van der Waals surface area contributed by atoms with Gasteiger partial charge in [0.1, 0.15) is 5.75 Å². The second-order valence-electron chi connectivity index (χ2n) is 3.55. The van der Waals surface area contributed by atoms with Gasteiger partial charge in [-0.3, -0.25) is 5.32 Å². The molecule has 76 valence electrons. The molecule has 1 aliphatic heterocycles. The van der Waals surface area contributed by atoms with E-state index in [1.165, 1.54) is 11.1 Å². The van der Waals surface area contributed by atoms with Gasteiger partial charge in [0.2, 0.25) is 0 Å². The third-order valence-corrected chi connectivity index (χ3v) is 2.61. The minimum absolute atomic E-state index is 0.00868. The Labute approximate surface area is 83.7 Å². The van der Waals surface area contributed by atoms with E-state index in [1.807, 2.05) is 19.1 Å². The molecule has 0 saturated carbocycles. The topological polar surface area (TPSA) is 41.5 Å². The van der Waals surface area contributed by atoms with Gasteiger partial charge in [-0.05, 0) is 24.1 Å². The molecule has 1 aromatic carbocycles. The fourth-order valence-electron chi connectivity index (χ4n) is 1.73. The largest absolute Gasteiger partial charge is 0.493 e. The van der Waals surface area contributed by atoms with Crippen molar-refractivity contribution < 1.29 is 9.84 Å². The minimum Gasteiger partial charge on any atom is -0.493 e. The smallest absolute Gasteiger partial charge is 0.122 e. The molecule has 14 heavy (non-hydrogen) atoms. The molecule has 0 spiro atoms. The molecular formula is C11H15NO2. The quantitative estimate of drug-likeness (QED) is 0.709. The predicted octanol–water partition coefficient (Wildman–Crippen LogP) is 1.22. The second-order valence-corrected chi connectivity index (χ2v) is 3.55. The highest BCUT2D eigenvalue weighted by molar-refractivity contribution is 5.40. The highest BCUT2D eigenvalue weighted by atomic mass is 16.5. The molecule has 0 saturated heterocycles. The molecule has 0 radical (unpaired) electrons. The summed E-state index contributed by atoms with van der Waals surface area (Å²) in [6.07, 6.45) is 0.995. The van der Waals surface area contributed by atoms with Crippen LogP contribution in [0.4, 0.5) is 0 Å². The standard InChI is InChI=1S/C11H15NO2/c1-8(12-7-13)9-2-3-11-10(6-9)4-5-14-11/h2-3,6,8,12-13H,4-5,7H2,1H3. The molecule has 0 fully saturated rings. The highest BCUT2D eigenvalue weighted by Gasteiger charge is 2.13. The average molecular weight is 193 g/mol. The maximum atomic E-state index is 8.76. The molecule has 0 amide bonds. The van der Waals surface area contributed by atoms with Crippen molar-refractivity contribution in [1.82, 2.24) is 5.32 Å². The summed E-state index contributed by atoms with van der Waals surface area (Å²) in [7, 11) is 0. The van der Waals surface area contributed by atoms with Crippen LogP contribution < -0.4 is 10.1 Å². The lowest BCUT2D eigenvalue weighted by atomic mass is 10.0. The van der Waals surface area contributed by atoms with Crippen molar-refractivity contribution in [1.29, 1.82) is 0 Å². The van der Waals surface area contributed by atoms with E-state index in [9.17, 15) is 0 Å². The van der Waals surface area contributed by atoms with Crippen molar-refractivity contribution >= 4 is 0 Å². The van der Waals surface area contributed by atoms with Gasteiger partial charge in [0.15, 0.2) is 0 Å². The van der Waals surface area contributed by atoms with Gasteiger partial charge < -0.3 is 9.84 Å². The van der Waals surface area contributed by atoms with E-state index in [0.29, 0.717) is 0 Å². The van der Waals surface area contributed by atoms with Crippen molar-refractivity contribution in [3.63, 3.8) is 0 Å². The van der Waals surface area contributed by atoms with Crippen LogP contribution >= 0.6 is 0 Å². The summed E-state index contributed by atoms with van der Waals surface area (Å²) < 4.78 is 5.42. The highest BCUT2D eigenvalue weighted by Crippen LogP contribution is 2.27. The van der Waals surface area contributed by atoms with E-state index in [0.717, 1.165) is 18.8 Å². The van der Waals surface area contributed by atoms with Crippen LogP contribution in [0.1, 0.15) is 24.1 Å². The average Bonchev–Trinajstić information content (AvgIpc) is 2.64. The molecule has 1 aromatic rings. The third kappa shape index (κ3) is 1.74. The number of hydrogen-bond donors (Lipinski definition) is 2. The molecule has 3 nitrogen and oxygen atoms in total. The Balaban J connectivity index is 2.19. The number of ether oxygens (including phenoxy) is 1. The summed E-state index contributed by atoms with van der Waals surface area (Å²) in [4.78, 5) is 0. The first-order valence-electron chi connectivity index (χ1n) is 4.91. The molecule has 2 N–H and O–H groups in total. The second kappa shape index (κ2) is 3.98. The summed E-state index contributed by atoms with van der Waals surface area (Å²) >= 11 is 0. The molecule has 1 atom stereocenters. The van der Waals surface area contributed by atoms with Crippen LogP contribution in [-0.4, -0.2) is 18.4 Å². The zero-order chi connectivity index (χ0) is 9.97. The molecular weight excluding hydrogens is 178 g/mol. The van der Waals surface area contributed by atoms with E-state index < -0.39 is 0 Å². The Morgan fingerprint density at radius 2 is 2.43 bits per heavy atom. The van der Waals surface area contributed by atoms with Gasteiger partial charge in [-0.15, -0.1) is 0 Å². The van der Waals surface area contributed by atoms with Crippen molar-refractivity contribution in [2.45, 2.75) is 19.4 Å². The molecule has 1 aliphatic rings. The van der Waals surface area contributed by atoms with Gasteiger partial charge in [0, 0.05) is 12.5 Å². The number of rotatable bonds is 3. The van der Waals surface area contributed by atoms with Crippen LogP contribution in [-0.2, 0) is 6.42 Å². The fraction of sp³-hybridized carbons (Fsp3) is 0.455. The number of aliphatic hydroxyl groups excluding tert-OH is 1. The molecule has 3 heteroatoms. The van der Waals surface area contributed by atoms with E-state index in [-0.39, 0.29) is 12.8 Å². The van der Waals surface area contributed by atoms with Crippen molar-refractivity contribution in [2.24, 2.45) is 0 Å². The first kappa shape index (κ1) is 9.49. The van der Waals surface area contributed by atoms with Crippen LogP contribution in [0, 0.1) is 0 Å². The summed E-state index contributed by atoms with van der Waals surface area (Å²) in [5, 5.41) is 11.7. The van der Waals surface area contributed by atoms with Crippen LogP contribution in [0.3, 0.4) is 0 Å². The number of hydrogen-bond acceptors (Lipinski definition) is 3. The number of benzene rings is 1. The molecule has 1 unspecified atom stereocenters. The first-order valence-corrected chi connectivity index (χ1v) is 4.91. The SMILES string of the molecule is CC(NCO)c1ccc2c(c1)CCO2. The third-order valence-electron chi connectivity index (χ3n) is 2.61. The lowest BCUT2D eigenvalue weighted by molar-refractivity contribution is 0.245. The maximum Gasteiger partial charge on any atom is 0.122 e. The predicted molar refractivity (Wildman–Crippen MR) is 54.3 cm³/mol. The number of fused-ring (bicyclic) bond motifs is 1. The Morgan fingerprint density at radius 3 is 3.21 bits per heavy atom. The maximum absolute atomic E-state index is 8.76. The molecule has 2 rings (SSSR count). The summed E-state index contributed by atoms with van der Waals surface area (Å²) in [6.45, 7) is 2.84. The molecule has 0 aliphatic carbocycles. The number of aliphatic hydroxyl groups is 1. The van der Waals surface area contributed by atoms with Gasteiger partial charge in [0.05, 0.1) is 13.3 Å². The minimum atomic E-state index is 0.00868. The van der Waals surface area contributed by atoms with E-state index in [2.05, 4.69) is 11.4 Å². The Hall–Kier alpha value is -1.06. The fourth-order valence-corrected chi connectivity index (χ4v) is 1.73. The lowest BCUT2D eigenvalue weighted by Gasteiger charge is -2.12. The van der Waals surface area contributed by atoms with Crippen LogP contribution in [0.25, 0.3) is 0 Å².